The highest BCUT2D eigenvalue weighted by atomic mass is 35.5. The number of halogens is 2. The molecule has 3 N–H and O–H groups in total. The molecule has 110 valence electrons. The van der Waals surface area contributed by atoms with E-state index >= 15 is 0 Å². The predicted molar refractivity (Wildman–Crippen MR) is 80.0 cm³/mol. The van der Waals surface area contributed by atoms with Crippen molar-refractivity contribution in [3.05, 3.63) is 27.7 Å². The molecule has 1 aromatic carbocycles. The molecule has 20 heavy (non-hydrogen) atoms. The lowest BCUT2D eigenvalue weighted by atomic mass is 10.2. The molecule has 1 aromatic rings. The predicted octanol–water partition coefficient (Wildman–Crippen LogP) is 1.88. The number of carbonyl (C=O) groups excluding carboxylic acids is 1. The average molecular weight is 337 g/mol. The number of nitrogens with one attached hydrogen (secondary N) is 1. The minimum absolute atomic E-state index is 0.0980. The van der Waals surface area contributed by atoms with Gasteiger partial charge in [0.15, 0.2) is 9.84 Å². The van der Waals surface area contributed by atoms with Crippen LogP contribution in [0.15, 0.2) is 12.1 Å². The zero-order valence-corrected chi connectivity index (χ0v) is 12.9. The van der Waals surface area contributed by atoms with Crippen LogP contribution in [0, 0.1) is 0 Å². The summed E-state index contributed by atoms with van der Waals surface area (Å²) in [6.07, 6.45) is 1.22. The van der Waals surface area contributed by atoms with Gasteiger partial charge >= 0.3 is 0 Å². The number of anilines is 1. The van der Waals surface area contributed by atoms with Gasteiger partial charge in [-0.3, -0.25) is 4.79 Å². The van der Waals surface area contributed by atoms with Crippen LogP contribution in [0.4, 0.5) is 5.69 Å². The third kappa shape index (κ3) is 3.19. The topological polar surface area (TPSA) is 89.3 Å². The molecule has 1 atom stereocenters. The number of hydrogen-bond donors (Lipinski definition) is 2. The summed E-state index contributed by atoms with van der Waals surface area (Å²) in [5.74, 6) is -0.233. The number of benzene rings is 1. The molecular formula is C12H14Cl2N2O3S. The molecule has 0 aliphatic carbocycles. The monoisotopic (exact) mass is 336 g/mol. The normalized spacial score (nSPS) is 20.8. The van der Waals surface area contributed by atoms with Gasteiger partial charge in [0, 0.05) is 12.1 Å². The summed E-state index contributed by atoms with van der Waals surface area (Å²) in [6, 6.07) is 2.81. The van der Waals surface area contributed by atoms with Crippen molar-refractivity contribution in [3.63, 3.8) is 0 Å². The van der Waals surface area contributed by atoms with Crippen molar-refractivity contribution >= 4 is 44.6 Å². The van der Waals surface area contributed by atoms with Crippen LogP contribution in [0.3, 0.4) is 0 Å². The van der Waals surface area contributed by atoms with E-state index in [1.165, 1.54) is 12.1 Å². The van der Waals surface area contributed by atoms with Crippen LogP contribution >= 0.6 is 23.2 Å². The zero-order chi connectivity index (χ0) is 14.9. The second-order valence-corrected chi connectivity index (χ2v) is 7.91. The molecule has 1 fully saturated rings. The van der Waals surface area contributed by atoms with Crippen molar-refractivity contribution in [1.82, 2.24) is 5.32 Å². The Morgan fingerprint density at radius 2 is 1.95 bits per heavy atom. The summed E-state index contributed by atoms with van der Waals surface area (Å²) in [5, 5.41) is 2.47. The van der Waals surface area contributed by atoms with Gasteiger partial charge in [-0.05, 0) is 25.0 Å². The SMILES string of the molecule is Nc1c(Cl)cc(C(=O)NCC2CCCS2(=O)=O)cc1Cl. The molecule has 5 nitrogen and oxygen atoms in total. The van der Waals surface area contributed by atoms with Crippen molar-refractivity contribution in [2.75, 3.05) is 18.0 Å². The zero-order valence-electron chi connectivity index (χ0n) is 10.5. The number of sulfone groups is 1. The number of hydrogen-bond acceptors (Lipinski definition) is 4. The number of amides is 1. The van der Waals surface area contributed by atoms with Gasteiger partial charge in [0.25, 0.3) is 5.91 Å². The van der Waals surface area contributed by atoms with Gasteiger partial charge in [-0.1, -0.05) is 23.2 Å². The Balaban J connectivity index is 2.06. The Kier molecular flexibility index (Phi) is 4.46. The van der Waals surface area contributed by atoms with E-state index in [2.05, 4.69) is 5.32 Å². The summed E-state index contributed by atoms with van der Waals surface area (Å²) in [5.41, 5.74) is 6.05. The summed E-state index contributed by atoms with van der Waals surface area (Å²) in [4.78, 5) is 12.0. The fourth-order valence-electron chi connectivity index (χ4n) is 2.11. The van der Waals surface area contributed by atoms with Crippen LogP contribution in [0.25, 0.3) is 0 Å². The number of rotatable bonds is 3. The maximum Gasteiger partial charge on any atom is 0.251 e. The molecule has 2 rings (SSSR count). The van der Waals surface area contributed by atoms with Crippen LogP contribution < -0.4 is 11.1 Å². The fourth-order valence-corrected chi connectivity index (χ4v) is 4.36. The van der Waals surface area contributed by atoms with E-state index in [1.54, 1.807) is 0 Å². The maximum atomic E-state index is 12.0. The molecule has 1 unspecified atom stereocenters. The molecule has 0 saturated carbocycles. The van der Waals surface area contributed by atoms with E-state index in [1.807, 2.05) is 0 Å². The molecular weight excluding hydrogens is 323 g/mol. The van der Waals surface area contributed by atoms with E-state index in [4.69, 9.17) is 28.9 Å². The number of carbonyl (C=O) groups is 1. The second kappa shape index (κ2) is 5.79. The lowest BCUT2D eigenvalue weighted by Gasteiger charge is -2.11. The molecule has 1 saturated heterocycles. The Bertz CT molecular complexity index is 623. The lowest BCUT2D eigenvalue weighted by Crippen LogP contribution is -2.34. The smallest absolute Gasteiger partial charge is 0.251 e. The van der Waals surface area contributed by atoms with Crippen LogP contribution in [-0.2, 0) is 9.84 Å². The number of nitrogen functional groups attached to an aromatic ring is 1. The van der Waals surface area contributed by atoms with Gasteiger partial charge in [-0.15, -0.1) is 0 Å². The Morgan fingerprint density at radius 3 is 2.45 bits per heavy atom. The van der Waals surface area contributed by atoms with Crippen molar-refractivity contribution in [2.24, 2.45) is 0 Å². The van der Waals surface area contributed by atoms with Crippen molar-refractivity contribution in [2.45, 2.75) is 18.1 Å². The third-order valence-corrected chi connectivity index (χ3v) is 6.20. The van der Waals surface area contributed by atoms with Crippen molar-refractivity contribution in [3.8, 4) is 0 Å². The Hall–Kier alpha value is -0.980. The molecule has 1 heterocycles. The number of nitrogens with two attached hydrogens (primary N) is 1. The molecule has 1 aliphatic rings. The second-order valence-electron chi connectivity index (χ2n) is 4.69. The average Bonchev–Trinajstić information content (AvgIpc) is 2.71. The highest BCUT2D eigenvalue weighted by Crippen LogP contribution is 2.28. The van der Waals surface area contributed by atoms with Crippen LogP contribution in [0.2, 0.25) is 10.0 Å². The first-order valence-electron chi connectivity index (χ1n) is 6.05. The minimum Gasteiger partial charge on any atom is -0.396 e. The largest absolute Gasteiger partial charge is 0.396 e. The van der Waals surface area contributed by atoms with Gasteiger partial charge in [0.2, 0.25) is 0 Å². The van der Waals surface area contributed by atoms with E-state index in [0.29, 0.717) is 12.8 Å². The van der Waals surface area contributed by atoms with Crippen LogP contribution in [-0.4, -0.2) is 31.9 Å². The molecule has 1 aliphatic heterocycles. The minimum atomic E-state index is -3.07. The lowest BCUT2D eigenvalue weighted by molar-refractivity contribution is 0.0953. The van der Waals surface area contributed by atoms with E-state index in [0.717, 1.165) is 0 Å². The van der Waals surface area contributed by atoms with Crippen molar-refractivity contribution < 1.29 is 13.2 Å². The molecule has 0 spiro atoms. The van der Waals surface area contributed by atoms with E-state index in [9.17, 15) is 13.2 Å². The first kappa shape index (κ1) is 15.4. The molecule has 0 bridgehead atoms. The summed E-state index contributed by atoms with van der Waals surface area (Å²) >= 11 is 11.7. The van der Waals surface area contributed by atoms with Gasteiger partial charge in [-0.2, -0.15) is 0 Å². The summed E-state index contributed by atoms with van der Waals surface area (Å²) < 4.78 is 23.3. The summed E-state index contributed by atoms with van der Waals surface area (Å²) in [7, 11) is -3.07. The maximum absolute atomic E-state index is 12.0. The summed E-state index contributed by atoms with van der Waals surface area (Å²) in [6.45, 7) is 0.0980. The fraction of sp³-hybridized carbons (Fsp3) is 0.417. The van der Waals surface area contributed by atoms with Gasteiger partial charge in [0.1, 0.15) is 0 Å². The highest BCUT2D eigenvalue weighted by Gasteiger charge is 2.31. The van der Waals surface area contributed by atoms with Crippen LogP contribution in [0.5, 0.6) is 0 Å². The van der Waals surface area contributed by atoms with Gasteiger partial charge < -0.3 is 11.1 Å². The molecule has 8 heteroatoms. The Labute approximate surface area is 127 Å². The first-order valence-corrected chi connectivity index (χ1v) is 8.52. The first-order chi connectivity index (χ1) is 9.31. The quantitative estimate of drug-likeness (QED) is 0.824. The third-order valence-electron chi connectivity index (χ3n) is 3.29. The van der Waals surface area contributed by atoms with E-state index in [-0.39, 0.29) is 33.6 Å². The molecule has 0 aromatic heterocycles. The molecule has 1 amide bonds. The van der Waals surface area contributed by atoms with Gasteiger partial charge in [0.05, 0.1) is 26.7 Å². The van der Waals surface area contributed by atoms with Crippen molar-refractivity contribution in [1.29, 1.82) is 0 Å². The van der Waals surface area contributed by atoms with Crippen LogP contribution in [0.1, 0.15) is 23.2 Å². The molecule has 0 radical (unpaired) electrons. The highest BCUT2D eigenvalue weighted by molar-refractivity contribution is 7.92. The standard InChI is InChI=1S/C12H14Cl2N2O3S/c13-9-4-7(5-10(14)11(9)15)12(17)16-6-8-2-1-3-20(8,18)19/h4-5,8H,1-3,6,15H2,(H,16,17). The van der Waals surface area contributed by atoms with Gasteiger partial charge in [-0.25, -0.2) is 8.42 Å². The Morgan fingerprint density at radius 1 is 1.35 bits per heavy atom. The van der Waals surface area contributed by atoms with E-state index < -0.39 is 21.0 Å².